The first kappa shape index (κ1) is 19.6. The molecule has 0 N–H and O–H groups in total. The van der Waals surface area contributed by atoms with Crippen molar-refractivity contribution in [3.63, 3.8) is 0 Å². The van der Waals surface area contributed by atoms with Gasteiger partial charge in [0.25, 0.3) is 0 Å². The van der Waals surface area contributed by atoms with Crippen molar-refractivity contribution in [3.05, 3.63) is 77.1 Å². The van der Waals surface area contributed by atoms with E-state index in [2.05, 4.69) is 20.8 Å². The van der Waals surface area contributed by atoms with Crippen molar-refractivity contribution >= 4 is 17.8 Å². The number of hydrogen-bond donors (Lipinski definition) is 0. The Morgan fingerprint density at radius 1 is 1.00 bits per heavy atom. The lowest BCUT2D eigenvalue weighted by atomic mass is 9.86. The largest absolute Gasteiger partial charge is 0.451 e. The number of benzene rings is 2. The van der Waals surface area contributed by atoms with Gasteiger partial charge < -0.3 is 4.74 Å². The molecule has 26 heavy (non-hydrogen) atoms. The van der Waals surface area contributed by atoms with Crippen LogP contribution in [0.15, 0.2) is 54.6 Å². The molecule has 4 heteroatoms. The molecule has 0 bridgehead atoms. The summed E-state index contributed by atoms with van der Waals surface area (Å²) in [6.07, 6.45) is 1.84. The number of esters is 1. The second kappa shape index (κ2) is 8.09. The van der Waals surface area contributed by atoms with Crippen molar-refractivity contribution in [3.8, 4) is 0 Å². The lowest BCUT2D eigenvalue weighted by molar-refractivity contribution is -0.140. The Bertz CT molecular complexity index is 797. The predicted octanol–water partition coefficient (Wildman–Crippen LogP) is 4.95. The van der Waals surface area contributed by atoms with Gasteiger partial charge in [0.2, 0.25) is 5.78 Å². The van der Waals surface area contributed by atoms with Gasteiger partial charge in [-0.15, -0.1) is 0 Å². The zero-order valence-corrected chi connectivity index (χ0v) is 15.5. The van der Waals surface area contributed by atoms with Crippen LogP contribution in [-0.4, -0.2) is 17.9 Å². The third-order valence-electron chi connectivity index (χ3n) is 3.98. The molecule has 0 amide bonds. The maximum atomic E-state index is 12.8. The molecule has 1 atom stereocenters. The molecule has 0 spiro atoms. The molecule has 0 saturated heterocycles. The number of hydrogen-bond acceptors (Lipinski definition) is 3. The Morgan fingerprint density at radius 2 is 1.58 bits per heavy atom. The first-order valence-electron chi connectivity index (χ1n) is 8.46. The van der Waals surface area contributed by atoms with Crippen LogP contribution in [0, 0.1) is 5.82 Å². The van der Waals surface area contributed by atoms with Gasteiger partial charge in [0.05, 0.1) is 0 Å². The summed E-state index contributed by atoms with van der Waals surface area (Å²) < 4.78 is 18.0. The fraction of sp³-hybridized carbons (Fsp3) is 0.273. The van der Waals surface area contributed by atoms with Gasteiger partial charge in [-0.2, -0.15) is 0 Å². The van der Waals surface area contributed by atoms with Gasteiger partial charge in [0.15, 0.2) is 6.10 Å². The molecular formula is C22H23FO3. The van der Waals surface area contributed by atoms with E-state index in [0.29, 0.717) is 11.1 Å². The highest BCUT2D eigenvalue weighted by molar-refractivity contribution is 6.01. The minimum absolute atomic E-state index is 0.00477. The molecule has 0 radical (unpaired) electrons. The maximum absolute atomic E-state index is 12.8. The summed E-state index contributed by atoms with van der Waals surface area (Å²) in [4.78, 5) is 24.3. The van der Waals surface area contributed by atoms with Crippen LogP contribution in [0.2, 0.25) is 0 Å². The van der Waals surface area contributed by atoms with Gasteiger partial charge in [-0.1, -0.05) is 57.2 Å². The summed E-state index contributed by atoms with van der Waals surface area (Å²) in [5.41, 5.74) is 2.30. The van der Waals surface area contributed by atoms with E-state index in [4.69, 9.17) is 4.74 Å². The average Bonchev–Trinajstić information content (AvgIpc) is 2.60. The minimum Gasteiger partial charge on any atom is -0.451 e. The third-order valence-corrected chi connectivity index (χ3v) is 3.98. The second-order valence-electron chi connectivity index (χ2n) is 7.16. The summed E-state index contributed by atoms with van der Waals surface area (Å²) in [5, 5.41) is 0. The molecule has 0 aliphatic rings. The van der Waals surface area contributed by atoms with Crippen molar-refractivity contribution < 1.29 is 18.7 Å². The molecule has 2 aromatic rings. The smallest absolute Gasteiger partial charge is 0.331 e. The summed E-state index contributed by atoms with van der Waals surface area (Å²) >= 11 is 0. The molecule has 0 fully saturated rings. The number of Topliss-reactive ketones (excluding diaryl/α,β-unsaturated/α-hetero) is 1. The van der Waals surface area contributed by atoms with E-state index in [1.807, 2.05) is 12.1 Å². The molecule has 2 rings (SSSR count). The molecule has 0 aromatic heterocycles. The van der Waals surface area contributed by atoms with Crippen LogP contribution in [0.3, 0.4) is 0 Å². The number of halogens is 1. The van der Waals surface area contributed by atoms with Gasteiger partial charge in [0, 0.05) is 11.6 Å². The molecule has 136 valence electrons. The fourth-order valence-electron chi connectivity index (χ4n) is 2.37. The van der Waals surface area contributed by atoms with Crippen molar-refractivity contribution in [2.75, 3.05) is 0 Å². The quantitative estimate of drug-likeness (QED) is 0.433. The van der Waals surface area contributed by atoms with Crippen molar-refractivity contribution in [1.29, 1.82) is 0 Å². The van der Waals surface area contributed by atoms with Gasteiger partial charge in [0.1, 0.15) is 5.82 Å². The molecule has 2 aromatic carbocycles. The van der Waals surface area contributed by atoms with Crippen molar-refractivity contribution in [2.45, 2.75) is 39.2 Å². The first-order valence-corrected chi connectivity index (χ1v) is 8.46. The van der Waals surface area contributed by atoms with E-state index in [1.165, 1.54) is 24.3 Å². The van der Waals surface area contributed by atoms with Gasteiger partial charge in [-0.05, 0) is 41.7 Å². The lowest BCUT2D eigenvalue weighted by Crippen LogP contribution is -2.23. The molecule has 0 saturated carbocycles. The monoisotopic (exact) mass is 354 g/mol. The Hall–Kier alpha value is -2.75. The van der Waals surface area contributed by atoms with Crippen LogP contribution in [0.4, 0.5) is 4.39 Å². The third kappa shape index (κ3) is 5.38. The molecule has 0 unspecified atom stereocenters. The fourth-order valence-corrected chi connectivity index (χ4v) is 2.37. The van der Waals surface area contributed by atoms with Gasteiger partial charge in [-0.25, -0.2) is 9.18 Å². The predicted molar refractivity (Wildman–Crippen MR) is 100 cm³/mol. The highest BCUT2D eigenvalue weighted by Crippen LogP contribution is 2.22. The molecule has 3 nitrogen and oxygen atoms in total. The van der Waals surface area contributed by atoms with E-state index in [0.717, 1.165) is 5.56 Å². The number of rotatable bonds is 5. The van der Waals surface area contributed by atoms with E-state index >= 15 is 0 Å². The summed E-state index contributed by atoms with van der Waals surface area (Å²) in [6.45, 7) is 7.84. The maximum Gasteiger partial charge on any atom is 0.331 e. The summed E-state index contributed by atoms with van der Waals surface area (Å²) in [7, 11) is 0. The van der Waals surface area contributed by atoms with Crippen LogP contribution in [0.25, 0.3) is 6.08 Å². The summed E-state index contributed by atoms with van der Waals surface area (Å²) in [5.74, 6) is -1.23. The molecule has 0 aliphatic heterocycles. The SMILES string of the molecule is C[C@@H](OC(=O)/C=C/c1ccc(F)cc1)C(=O)c1ccc(C(C)(C)C)cc1. The molecule has 0 aliphatic carbocycles. The Kier molecular flexibility index (Phi) is 6.09. The van der Waals surface area contributed by atoms with Gasteiger partial charge >= 0.3 is 5.97 Å². The van der Waals surface area contributed by atoms with E-state index in [9.17, 15) is 14.0 Å². The standard InChI is InChI=1S/C22H23FO3/c1-15(21(25)17-8-10-18(11-9-17)22(2,3)4)26-20(24)14-7-16-5-12-19(23)13-6-16/h5-15H,1-4H3/b14-7+/t15-/m1/s1. The van der Waals surface area contributed by atoms with Crippen LogP contribution < -0.4 is 0 Å². The minimum atomic E-state index is -0.888. The first-order chi connectivity index (χ1) is 12.2. The highest BCUT2D eigenvalue weighted by Gasteiger charge is 2.20. The number of carbonyl (C=O) groups is 2. The van der Waals surface area contributed by atoms with Crippen LogP contribution in [0.1, 0.15) is 49.2 Å². The van der Waals surface area contributed by atoms with Gasteiger partial charge in [-0.3, -0.25) is 4.79 Å². The lowest BCUT2D eigenvalue weighted by Gasteiger charge is -2.19. The number of ether oxygens (including phenoxy) is 1. The Balaban J connectivity index is 1.97. The van der Waals surface area contributed by atoms with Crippen molar-refractivity contribution in [1.82, 2.24) is 0 Å². The van der Waals surface area contributed by atoms with Crippen LogP contribution in [-0.2, 0) is 14.9 Å². The Labute approximate surface area is 153 Å². The zero-order valence-electron chi connectivity index (χ0n) is 15.5. The van der Waals surface area contributed by atoms with Crippen molar-refractivity contribution in [2.24, 2.45) is 0 Å². The van der Waals surface area contributed by atoms with Crippen LogP contribution >= 0.6 is 0 Å². The average molecular weight is 354 g/mol. The summed E-state index contributed by atoms with van der Waals surface area (Å²) in [6, 6.07) is 13.0. The molecular weight excluding hydrogens is 331 g/mol. The van der Waals surface area contributed by atoms with E-state index < -0.39 is 12.1 Å². The topological polar surface area (TPSA) is 43.4 Å². The van der Waals surface area contributed by atoms with E-state index in [-0.39, 0.29) is 17.0 Å². The number of ketones is 1. The highest BCUT2D eigenvalue weighted by atomic mass is 19.1. The number of carbonyl (C=O) groups excluding carboxylic acids is 2. The molecule has 0 heterocycles. The normalized spacial score (nSPS) is 12.8. The van der Waals surface area contributed by atoms with Crippen LogP contribution in [0.5, 0.6) is 0 Å². The Morgan fingerprint density at radius 3 is 2.12 bits per heavy atom. The van der Waals surface area contributed by atoms with E-state index in [1.54, 1.807) is 31.2 Å². The second-order valence-corrected chi connectivity index (χ2v) is 7.16. The zero-order chi connectivity index (χ0) is 19.3.